The minimum atomic E-state index is 0.0631. The van der Waals surface area contributed by atoms with Gasteiger partial charge in [0, 0.05) is 31.3 Å². The molecule has 2 aliphatic rings. The third kappa shape index (κ3) is 2.73. The molecule has 3 heterocycles. The fourth-order valence-corrected chi connectivity index (χ4v) is 2.81. The van der Waals surface area contributed by atoms with E-state index in [2.05, 4.69) is 10.3 Å². The van der Waals surface area contributed by atoms with Gasteiger partial charge in [0.15, 0.2) is 0 Å². The summed E-state index contributed by atoms with van der Waals surface area (Å²) in [5, 5.41) is 3.43. The molecule has 0 bridgehead atoms. The quantitative estimate of drug-likeness (QED) is 0.875. The molecule has 114 valence electrons. The van der Waals surface area contributed by atoms with Gasteiger partial charge in [0.2, 0.25) is 5.88 Å². The van der Waals surface area contributed by atoms with Crippen LogP contribution in [0.15, 0.2) is 6.07 Å². The van der Waals surface area contributed by atoms with Gasteiger partial charge in [-0.15, -0.1) is 0 Å². The number of pyridine rings is 1. The molecule has 1 fully saturated rings. The van der Waals surface area contributed by atoms with Crippen molar-refractivity contribution < 1.29 is 14.3 Å². The molecule has 6 heteroatoms. The van der Waals surface area contributed by atoms with E-state index >= 15 is 0 Å². The Kier molecular flexibility index (Phi) is 4.07. The number of fused-ring (bicyclic) bond motifs is 1. The summed E-state index contributed by atoms with van der Waals surface area (Å²) in [6.45, 7) is 5.43. The Labute approximate surface area is 124 Å². The lowest BCUT2D eigenvalue weighted by atomic mass is 10.1. The monoisotopic (exact) mass is 291 g/mol. The molecule has 6 nitrogen and oxygen atoms in total. The average Bonchev–Trinajstić information content (AvgIpc) is 3.12. The van der Waals surface area contributed by atoms with Gasteiger partial charge in [0.25, 0.3) is 5.91 Å². The van der Waals surface area contributed by atoms with E-state index in [0.717, 1.165) is 30.9 Å². The number of carbonyl (C=O) groups excluding carboxylic acids is 1. The van der Waals surface area contributed by atoms with Crippen LogP contribution in [0.3, 0.4) is 0 Å². The fraction of sp³-hybridized carbons (Fsp3) is 0.600. The summed E-state index contributed by atoms with van der Waals surface area (Å²) < 4.78 is 10.7. The number of aromatic nitrogens is 1. The van der Waals surface area contributed by atoms with Crippen molar-refractivity contribution in [2.45, 2.75) is 32.5 Å². The fourth-order valence-electron chi connectivity index (χ4n) is 2.81. The first-order valence-electron chi connectivity index (χ1n) is 7.40. The highest BCUT2D eigenvalue weighted by molar-refractivity contribution is 5.98. The van der Waals surface area contributed by atoms with Gasteiger partial charge in [-0.05, 0) is 19.4 Å². The number of methoxy groups -OCH3 is 1. The molecule has 0 saturated carbocycles. The maximum Gasteiger partial charge on any atom is 0.256 e. The summed E-state index contributed by atoms with van der Waals surface area (Å²) in [5.74, 6) is 0.666. The van der Waals surface area contributed by atoms with Crippen molar-refractivity contribution in [3.05, 3.63) is 22.9 Å². The van der Waals surface area contributed by atoms with Crippen LogP contribution in [-0.2, 0) is 17.8 Å². The maximum atomic E-state index is 12.2. The Hall–Kier alpha value is -1.66. The second kappa shape index (κ2) is 5.99. The van der Waals surface area contributed by atoms with Gasteiger partial charge in [-0.3, -0.25) is 4.79 Å². The highest BCUT2D eigenvalue weighted by atomic mass is 16.5. The second-order valence-corrected chi connectivity index (χ2v) is 5.41. The zero-order valence-corrected chi connectivity index (χ0v) is 12.5. The third-order valence-electron chi connectivity index (χ3n) is 4.08. The number of carbonyl (C=O) groups is 1. The molecule has 0 unspecified atom stereocenters. The van der Waals surface area contributed by atoms with Crippen LogP contribution in [0.25, 0.3) is 0 Å². The lowest BCUT2D eigenvalue weighted by Gasteiger charge is -2.13. The molecule has 1 aromatic rings. The molecular formula is C15H21N3O3. The summed E-state index contributed by atoms with van der Waals surface area (Å²) >= 11 is 0. The van der Waals surface area contributed by atoms with Crippen LogP contribution in [0.1, 0.15) is 35.0 Å². The maximum absolute atomic E-state index is 12.2. The first-order valence-corrected chi connectivity index (χ1v) is 7.40. The molecule has 0 aliphatic carbocycles. The Bertz CT molecular complexity index is 541. The number of hydrogen-bond donors (Lipinski definition) is 1. The van der Waals surface area contributed by atoms with Crippen LogP contribution in [0.2, 0.25) is 0 Å². The Morgan fingerprint density at radius 1 is 1.57 bits per heavy atom. The topological polar surface area (TPSA) is 63.7 Å². The largest absolute Gasteiger partial charge is 0.481 e. The van der Waals surface area contributed by atoms with Gasteiger partial charge < -0.3 is 19.7 Å². The summed E-state index contributed by atoms with van der Waals surface area (Å²) in [4.78, 5) is 18.5. The number of nitrogens with zero attached hydrogens (tertiary/aromatic N) is 2. The second-order valence-electron chi connectivity index (χ2n) is 5.41. The van der Waals surface area contributed by atoms with Gasteiger partial charge >= 0.3 is 0 Å². The summed E-state index contributed by atoms with van der Waals surface area (Å²) in [6.07, 6.45) is 1.02. The third-order valence-corrected chi connectivity index (χ3v) is 4.08. The van der Waals surface area contributed by atoms with Gasteiger partial charge in [-0.1, -0.05) is 0 Å². The van der Waals surface area contributed by atoms with E-state index in [0.29, 0.717) is 37.1 Å². The smallest absolute Gasteiger partial charge is 0.256 e. The molecule has 1 aromatic heterocycles. The zero-order valence-electron chi connectivity index (χ0n) is 12.5. The normalized spacial score (nSPS) is 21.0. The van der Waals surface area contributed by atoms with Crippen molar-refractivity contribution in [2.75, 3.05) is 26.9 Å². The first-order chi connectivity index (χ1) is 10.2. The van der Waals surface area contributed by atoms with Crippen LogP contribution >= 0.6 is 0 Å². The van der Waals surface area contributed by atoms with E-state index in [4.69, 9.17) is 9.47 Å². The van der Waals surface area contributed by atoms with E-state index in [1.807, 2.05) is 13.0 Å². The molecule has 1 amide bonds. The van der Waals surface area contributed by atoms with E-state index in [1.54, 1.807) is 12.0 Å². The number of hydrogen-bond acceptors (Lipinski definition) is 5. The predicted octanol–water partition coefficient (Wildman–Crippen LogP) is 0.944. The molecule has 0 aromatic carbocycles. The minimum absolute atomic E-state index is 0.0631. The number of rotatable bonds is 5. The van der Waals surface area contributed by atoms with Gasteiger partial charge in [-0.2, -0.15) is 0 Å². The highest BCUT2D eigenvalue weighted by Gasteiger charge is 2.29. The van der Waals surface area contributed by atoms with Crippen molar-refractivity contribution in [2.24, 2.45) is 0 Å². The summed E-state index contributed by atoms with van der Waals surface area (Å²) in [7, 11) is 1.62. The SMILES string of the molecule is CCN1Cc2nc(OC)c(CN[C@@H]3CCOC3)cc2C1=O. The zero-order chi connectivity index (χ0) is 14.8. The first kappa shape index (κ1) is 14.3. The van der Waals surface area contributed by atoms with Crippen molar-refractivity contribution in [1.82, 2.24) is 15.2 Å². The van der Waals surface area contributed by atoms with Crippen LogP contribution in [0.5, 0.6) is 5.88 Å². The molecular weight excluding hydrogens is 270 g/mol. The standard InChI is InChI=1S/C15H21N3O3/c1-3-18-8-13-12(15(18)19)6-10(14(17-13)20-2)7-16-11-4-5-21-9-11/h6,11,16H,3-5,7-9H2,1-2H3/t11-/m1/s1. The molecule has 2 aliphatic heterocycles. The lowest BCUT2D eigenvalue weighted by Crippen LogP contribution is -2.29. The average molecular weight is 291 g/mol. The van der Waals surface area contributed by atoms with Crippen molar-refractivity contribution in [3.8, 4) is 5.88 Å². The number of amides is 1. The molecule has 0 radical (unpaired) electrons. The molecule has 1 atom stereocenters. The van der Waals surface area contributed by atoms with Crippen molar-refractivity contribution in [3.63, 3.8) is 0 Å². The van der Waals surface area contributed by atoms with Gasteiger partial charge in [-0.25, -0.2) is 4.98 Å². The van der Waals surface area contributed by atoms with Crippen LogP contribution in [-0.4, -0.2) is 48.7 Å². The lowest BCUT2D eigenvalue weighted by molar-refractivity contribution is 0.0786. The van der Waals surface area contributed by atoms with Crippen LogP contribution < -0.4 is 10.1 Å². The summed E-state index contributed by atoms with van der Waals surface area (Å²) in [6, 6.07) is 2.29. The molecule has 21 heavy (non-hydrogen) atoms. The van der Waals surface area contributed by atoms with E-state index in [1.165, 1.54) is 0 Å². The predicted molar refractivity (Wildman–Crippen MR) is 77.3 cm³/mol. The number of ether oxygens (including phenoxy) is 2. The molecule has 1 saturated heterocycles. The highest BCUT2D eigenvalue weighted by Crippen LogP contribution is 2.27. The molecule has 3 rings (SSSR count). The van der Waals surface area contributed by atoms with Gasteiger partial charge in [0.05, 0.1) is 31.5 Å². The summed E-state index contributed by atoms with van der Waals surface area (Å²) in [5.41, 5.74) is 2.44. The Balaban J connectivity index is 1.80. The van der Waals surface area contributed by atoms with E-state index in [-0.39, 0.29) is 5.91 Å². The van der Waals surface area contributed by atoms with Crippen LogP contribution in [0.4, 0.5) is 0 Å². The van der Waals surface area contributed by atoms with Gasteiger partial charge in [0.1, 0.15) is 0 Å². The van der Waals surface area contributed by atoms with Crippen molar-refractivity contribution in [1.29, 1.82) is 0 Å². The van der Waals surface area contributed by atoms with E-state index < -0.39 is 0 Å². The van der Waals surface area contributed by atoms with E-state index in [9.17, 15) is 4.79 Å². The van der Waals surface area contributed by atoms with Crippen LogP contribution in [0, 0.1) is 0 Å². The molecule has 1 N–H and O–H groups in total. The Morgan fingerprint density at radius 3 is 3.10 bits per heavy atom. The minimum Gasteiger partial charge on any atom is -0.481 e. The molecule has 0 spiro atoms. The van der Waals surface area contributed by atoms with Crippen molar-refractivity contribution >= 4 is 5.91 Å². The number of nitrogens with one attached hydrogen (secondary N) is 1. The Morgan fingerprint density at radius 2 is 2.43 bits per heavy atom.